The molecule has 0 aliphatic carbocycles. The van der Waals surface area contributed by atoms with Gasteiger partial charge in [0.2, 0.25) is 11.4 Å². The molecule has 0 atom stereocenters. The Bertz CT molecular complexity index is 2020. The van der Waals surface area contributed by atoms with E-state index in [4.69, 9.17) is 7.16 Å². The first kappa shape index (κ1) is 18.5. The number of fused-ring (bicyclic) bond motifs is 8. The third-order valence-corrected chi connectivity index (χ3v) is 7.13. The van der Waals surface area contributed by atoms with Crippen LogP contribution in [0.15, 0.2) is 77.3 Å². The van der Waals surface area contributed by atoms with E-state index in [0.717, 1.165) is 44.4 Å². The Labute approximate surface area is 207 Å². The van der Waals surface area contributed by atoms with Crippen molar-refractivity contribution >= 4 is 49.3 Å². The molecule has 0 fully saturated rings. The van der Waals surface area contributed by atoms with Crippen LogP contribution in [0, 0.1) is 12.3 Å². The van der Waals surface area contributed by atoms with Crippen molar-refractivity contribution in [1.29, 1.82) is 0 Å². The highest BCUT2D eigenvalue weighted by Gasteiger charge is 2.24. The molecule has 7 aromatic rings. The second-order valence-electron chi connectivity index (χ2n) is 10.8. The normalized spacial score (nSPS) is 14.1. The zero-order chi connectivity index (χ0) is 25.9. The zero-order valence-electron chi connectivity index (χ0n) is 22.7. The average molecular weight is 460 g/mol. The lowest BCUT2D eigenvalue weighted by molar-refractivity contribution is -0.660. The van der Waals surface area contributed by atoms with Gasteiger partial charge in [0.05, 0.1) is 22.0 Å². The molecule has 0 unspecified atom stereocenters. The number of nitrogens with zero attached hydrogens (tertiary/aromatic N) is 2. The number of benzene rings is 3. The molecule has 0 spiro atoms. The van der Waals surface area contributed by atoms with Gasteiger partial charge < -0.3 is 4.42 Å². The van der Waals surface area contributed by atoms with E-state index in [1.54, 1.807) is 0 Å². The van der Waals surface area contributed by atoms with Gasteiger partial charge in [0, 0.05) is 36.4 Å². The summed E-state index contributed by atoms with van der Waals surface area (Å²) in [5.74, 6) is 0. The SMILES string of the molecule is [2H]C([2H])(c1cc[n+](C)c(-c2cc3c(cc2C)c2cccc4c5c6ccccc6oc5n3c24)c1)C(C)(C)C. The van der Waals surface area contributed by atoms with Crippen LogP contribution in [0.1, 0.15) is 34.6 Å². The second-order valence-corrected chi connectivity index (χ2v) is 10.8. The van der Waals surface area contributed by atoms with Crippen LogP contribution >= 0.6 is 0 Å². The van der Waals surface area contributed by atoms with Gasteiger partial charge in [-0.05, 0) is 48.0 Å². The molecule has 3 heteroatoms. The lowest BCUT2D eigenvalue weighted by atomic mass is 9.88. The highest BCUT2D eigenvalue weighted by atomic mass is 16.3. The fourth-order valence-corrected chi connectivity index (χ4v) is 5.71. The molecule has 4 heterocycles. The monoisotopic (exact) mass is 459 g/mol. The molecule has 172 valence electrons. The predicted octanol–water partition coefficient (Wildman–Crippen LogP) is 7.97. The summed E-state index contributed by atoms with van der Waals surface area (Å²) in [5.41, 5.74) is 7.47. The number of aryl methyl sites for hydroxylation is 2. The van der Waals surface area contributed by atoms with Crippen LogP contribution in [0.25, 0.3) is 60.5 Å². The van der Waals surface area contributed by atoms with Crippen LogP contribution in [0.2, 0.25) is 0 Å². The van der Waals surface area contributed by atoms with Gasteiger partial charge >= 0.3 is 0 Å². The molecule has 7 rings (SSSR count). The van der Waals surface area contributed by atoms with Gasteiger partial charge in [0.15, 0.2) is 6.20 Å². The van der Waals surface area contributed by atoms with Gasteiger partial charge in [-0.2, -0.15) is 0 Å². The number of furan rings is 1. The van der Waals surface area contributed by atoms with E-state index < -0.39 is 11.8 Å². The molecule has 3 nitrogen and oxygen atoms in total. The Balaban J connectivity index is 1.58. The number of pyridine rings is 1. The molecule has 3 aromatic carbocycles. The van der Waals surface area contributed by atoms with Crippen molar-refractivity contribution in [1.82, 2.24) is 4.40 Å². The molecule has 0 radical (unpaired) electrons. The van der Waals surface area contributed by atoms with Gasteiger partial charge in [-0.25, -0.2) is 4.57 Å². The van der Waals surface area contributed by atoms with E-state index >= 15 is 0 Å². The zero-order valence-corrected chi connectivity index (χ0v) is 20.7. The molecular weight excluding hydrogens is 428 g/mol. The number of para-hydroxylation sites is 2. The summed E-state index contributed by atoms with van der Waals surface area (Å²) in [6.07, 6.45) is 0.505. The summed E-state index contributed by atoms with van der Waals surface area (Å²) < 4.78 is 28.5. The maximum Gasteiger partial charge on any atom is 0.213 e. The van der Waals surface area contributed by atoms with Gasteiger partial charge in [0.25, 0.3) is 0 Å². The summed E-state index contributed by atoms with van der Waals surface area (Å²) in [6.45, 7) is 8.00. The molecule has 0 aliphatic heterocycles. The van der Waals surface area contributed by atoms with Crippen LogP contribution in [-0.2, 0) is 13.4 Å². The number of hydrogen-bond donors (Lipinski definition) is 0. The Morgan fingerprint density at radius 1 is 0.914 bits per heavy atom. The van der Waals surface area contributed by atoms with E-state index in [0.29, 0.717) is 5.56 Å². The summed E-state index contributed by atoms with van der Waals surface area (Å²) in [6, 6.07) is 23.2. The molecule has 0 saturated carbocycles. The van der Waals surface area contributed by atoms with Crippen LogP contribution < -0.4 is 4.57 Å². The average Bonchev–Trinajstić information content (AvgIpc) is 3.48. The van der Waals surface area contributed by atoms with E-state index in [9.17, 15) is 0 Å². The van der Waals surface area contributed by atoms with Crippen molar-refractivity contribution in [2.45, 2.75) is 34.1 Å². The van der Waals surface area contributed by atoms with Crippen molar-refractivity contribution < 1.29 is 11.7 Å². The van der Waals surface area contributed by atoms with E-state index in [1.807, 2.05) is 58.3 Å². The number of aromatic nitrogens is 2. The first-order valence-electron chi connectivity index (χ1n) is 13.2. The van der Waals surface area contributed by atoms with Crippen LogP contribution in [0.5, 0.6) is 0 Å². The lowest BCUT2D eigenvalue weighted by Crippen LogP contribution is -2.31. The Morgan fingerprint density at radius 3 is 2.51 bits per heavy atom. The topological polar surface area (TPSA) is 21.4 Å². The van der Waals surface area contributed by atoms with Gasteiger partial charge in [0.1, 0.15) is 12.6 Å². The second kappa shape index (κ2) is 6.85. The van der Waals surface area contributed by atoms with Crippen molar-refractivity contribution in [3.05, 3.63) is 84.1 Å². The fraction of sp³-hybridized carbons (Fsp3) is 0.219. The Hall–Kier alpha value is -3.85. The lowest BCUT2D eigenvalue weighted by Gasteiger charge is -2.18. The van der Waals surface area contributed by atoms with Crippen LogP contribution in [0.4, 0.5) is 0 Å². The number of rotatable bonds is 2. The van der Waals surface area contributed by atoms with E-state index in [1.165, 1.54) is 21.7 Å². The molecular formula is C32H29N2O+. The summed E-state index contributed by atoms with van der Waals surface area (Å²) in [7, 11) is 2.03. The van der Waals surface area contributed by atoms with Gasteiger partial charge in [-0.3, -0.25) is 4.40 Å². The summed E-state index contributed by atoms with van der Waals surface area (Å²) in [5, 5.41) is 5.93. The van der Waals surface area contributed by atoms with Crippen molar-refractivity contribution in [2.24, 2.45) is 12.5 Å². The van der Waals surface area contributed by atoms with Crippen molar-refractivity contribution in [3.8, 4) is 11.3 Å². The molecule has 35 heavy (non-hydrogen) atoms. The van der Waals surface area contributed by atoms with Gasteiger partial charge in [-0.15, -0.1) is 0 Å². The van der Waals surface area contributed by atoms with E-state index in [-0.39, 0.29) is 0 Å². The third-order valence-electron chi connectivity index (χ3n) is 7.13. The minimum absolute atomic E-state index is 0.525. The maximum atomic E-state index is 8.85. The minimum atomic E-state index is -1.47. The Kier molecular flexibility index (Phi) is 3.62. The first-order chi connectivity index (χ1) is 17.6. The third kappa shape index (κ3) is 2.88. The molecule has 0 amide bonds. The summed E-state index contributed by atoms with van der Waals surface area (Å²) in [4.78, 5) is 0. The quantitative estimate of drug-likeness (QED) is 0.240. The van der Waals surface area contributed by atoms with E-state index in [2.05, 4.69) is 58.4 Å². The summed E-state index contributed by atoms with van der Waals surface area (Å²) >= 11 is 0. The smallest absolute Gasteiger partial charge is 0.213 e. The fourth-order valence-electron chi connectivity index (χ4n) is 5.71. The highest BCUT2D eigenvalue weighted by Crippen LogP contribution is 2.44. The van der Waals surface area contributed by atoms with Crippen molar-refractivity contribution in [2.75, 3.05) is 0 Å². The minimum Gasteiger partial charge on any atom is -0.439 e. The van der Waals surface area contributed by atoms with Crippen LogP contribution in [-0.4, -0.2) is 4.40 Å². The van der Waals surface area contributed by atoms with Gasteiger partial charge in [-0.1, -0.05) is 57.2 Å². The molecule has 0 aliphatic rings. The van der Waals surface area contributed by atoms with Crippen LogP contribution in [0.3, 0.4) is 0 Å². The predicted molar refractivity (Wildman–Crippen MR) is 145 cm³/mol. The first-order valence-corrected chi connectivity index (χ1v) is 12.2. The Morgan fingerprint density at radius 2 is 1.69 bits per heavy atom. The molecule has 0 bridgehead atoms. The standard InChI is InChI=1S/C32H29N2O/c1-19-15-25-21-10-8-11-23-29-22-9-6-7-12-28(22)35-31(29)34(30(21)23)27(25)17-24(19)26-16-20(13-14-33(26)5)18-32(2,3)4/h6-17H,18H2,1-5H3/q+1/i18D2. The highest BCUT2D eigenvalue weighted by molar-refractivity contribution is 6.27. The largest absolute Gasteiger partial charge is 0.439 e. The van der Waals surface area contributed by atoms with Crippen molar-refractivity contribution in [3.63, 3.8) is 0 Å². The molecule has 4 aromatic heterocycles. The molecule has 0 saturated heterocycles. The number of hydrogen-bond acceptors (Lipinski definition) is 1. The maximum absolute atomic E-state index is 8.85. The molecule has 0 N–H and O–H groups in total.